The van der Waals surface area contributed by atoms with Crippen molar-refractivity contribution in [1.29, 1.82) is 0 Å². The van der Waals surface area contributed by atoms with E-state index in [0.29, 0.717) is 12.9 Å². The first kappa shape index (κ1) is 38.6. The molecule has 0 amide bonds. The fourth-order valence-corrected chi connectivity index (χ4v) is 6.79. The number of hydrogen-bond donors (Lipinski definition) is 2. The Balaban J connectivity index is 0.00000107. The summed E-state index contributed by atoms with van der Waals surface area (Å²) in [6, 6.07) is 7.01. The van der Waals surface area contributed by atoms with E-state index in [9.17, 15) is 9.59 Å². The van der Waals surface area contributed by atoms with Crippen molar-refractivity contribution in [2.75, 3.05) is 33.5 Å². The summed E-state index contributed by atoms with van der Waals surface area (Å²) in [6.07, 6.45) is 21.2. The zero-order valence-electron chi connectivity index (χ0n) is 28.4. The van der Waals surface area contributed by atoms with Gasteiger partial charge >= 0.3 is 5.97 Å². The molecule has 6 heteroatoms. The SMILES string of the molecule is C=C(C=O)CO.C=C(CO)C(=O)OCC(CCc1ccc(C2=CCC(C3CCC(CCCCC)CC3)CC2)c(CC)c1)COC. The van der Waals surface area contributed by atoms with Gasteiger partial charge in [-0.2, -0.15) is 0 Å². The minimum absolute atomic E-state index is 0.0860. The van der Waals surface area contributed by atoms with Gasteiger partial charge in [0.1, 0.15) is 6.29 Å². The number of hydrogen-bond acceptors (Lipinski definition) is 6. The van der Waals surface area contributed by atoms with Gasteiger partial charge in [-0.3, -0.25) is 4.79 Å². The molecule has 0 heterocycles. The molecular weight excluding hydrogens is 564 g/mol. The average Bonchev–Trinajstić information content (AvgIpc) is 3.09. The van der Waals surface area contributed by atoms with Gasteiger partial charge in [0.15, 0.2) is 0 Å². The van der Waals surface area contributed by atoms with Crippen LogP contribution in [0.1, 0.15) is 108 Å². The predicted molar refractivity (Wildman–Crippen MR) is 184 cm³/mol. The third kappa shape index (κ3) is 13.8. The molecule has 0 spiro atoms. The second-order valence-electron chi connectivity index (χ2n) is 13.0. The Hall–Kier alpha value is -2.54. The Morgan fingerprint density at radius 3 is 2.33 bits per heavy atom. The Bertz CT molecular complexity index is 1080. The van der Waals surface area contributed by atoms with Crippen LogP contribution in [-0.4, -0.2) is 56.0 Å². The van der Waals surface area contributed by atoms with Crippen molar-refractivity contribution in [2.24, 2.45) is 23.7 Å². The molecule has 6 nitrogen and oxygen atoms in total. The number of methoxy groups -OCH3 is 1. The average molecular weight is 625 g/mol. The molecule has 1 aromatic carbocycles. The molecule has 2 N–H and O–H groups in total. The highest BCUT2D eigenvalue weighted by Crippen LogP contribution is 2.42. The maximum Gasteiger partial charge on any atom is 0.335 e. The molecule has 0 radical (unpaired) electrons. The van der Waals surface area contributed by atoms with E-state index in [0.717, 1.165) is 37.0 Å². The number of rotatable bonds is 18. The van der Waals surface area contributed by atoms with Crippen LogP contribution in [0, 0.1) is 23.7 Å². The van der Waals surface area contributed by atoms with Crippen LogP contribution in [0.4, 0.5) is 0 Å². The van der Waals surface area contributed by atoms with Crippen LogP contribution in [0.5, 0.6) is 0 Å². The van der Waals surface area contributed by atoms with E-state index in [1.807, 2.05) is 0 Å². The number of benzene rings is 1. The minimum Gasteiger partial charge on any atom is -0.462 e. The lowest BCUT2D eigenvalue weighted by atomic mass is 9.70. The summed E-state index contributed by atoms with van der Waals surface area (Å²) < 4.78 is 10.7. The molecule has 2 aliphatic carbocycles. The summed E-state index contributed by atoms with van der Waals surface area (Å²) in [4.78, 5) is 21.3. The summed E-state index contributed by atoms with van der Waals surface area (Å²) in [5, 5.41) is 17.1. The van der Waals surface area contributed by atoms with Gasteiger partial charge in [0.2, 0.25) is 0 Å². The van der Waals surface area contributed by atoms with E-state index in [2.05, 4.69) is 51.3 Å². The lowest BCUT2D eigenvalue weighted by molar-refractivity contribution is -0.141. The number of carbonyl (C=O) groups excluding carboxylic acids is 2. The van der Waals surface area contributed by atoms with Gasteiger partial charge in [0.25, 0.3) is 0 Å². The molecule has 0 bridgehead atoms. The highest BCUT2D eigenvalue weighted by molar-refractivity contribution is 5.87. The number of aliphatic hydroxyl groups is 2. The molecule has 2 atom stereocenters. The van der Waals surface area contributed by atoms with E-state index < -0.39 is 5.97 Å². The van der Waals surface area contributed by atoms with Gasteiger partial charge < -0.3 is 19.7 Å². The molecule has 2 aliphatic rings. The normalized spacial score (nSPS) is 20.3. The molecule has 3 rings (SSSR count). The molecule has 1 fully saturated rings. The van der Waals surface area contributed by atoms with E-state index >= 15 is 0 Å². The second-order valence-corrected chi connectivity index (χ2v) is 13.0. The molecule has 0 aliphatic heterocycles. The van der Waals surface area contributed by atoms with Gasteiger partial charge in [-0.1, -0.05) is 89.8 Å². The third-order valence-corrected chi connectivity index (χ3v) is 9.67. The van der Waals surface area contributed by atoms with Crippen LogP contribution in [0.15, 0.2) is 48.6 Å². The standard InChI is InChI=1S/C35H54O4.C4H6O2/c1-5-7-8-9-27-12-15-31(16-13-27)32-17-19-33(20-18-32)34-21-14-28(22-30(34)6-2)10-11-29(24-38-4)25-39-35(37)26(3)23-36;1-4(2-5)3-6/h14,19,21-22,27,29,31-32,36H,3,5-13,15-18,20,23-25H2,1-2,4H3;2,6H,1,3H2. The fourth-order valence-electron chi connectivity index (χ4n) is 6.79. The van der Waals surface area contributed by atoms with E-state index in [4.69, 9.17) is 19.7 Å². The lowest BCUT2D eigenvalue weighted by Crippen LogP contribution is -2.23. The van der Waals surface area contributed by atoms with Crippen molar-refractivity contribution in [3.05, 3.63) is 65.3 Å². The molecule has 1 saturated carbocycles. The Labute approximate surface area is 273 Å². The van der Waals surface area contributed by atoms with Crippen molar-refractivity contribution in [3.63, 3.8) is 0 Å². The monoisotopic (exact) mass is 624 g/mol. The Morgan fingerprint density at radius 2 is 1.78 bits per heavy atom. The summed E-state index contributed by atoms with van der Waals surface area (Å²) in [5.74, 6) is 2.41. The zero-order valence-corrected chi connectivity index (χ0v) is 28.4. The number of unbranched alkanes of at least 4 members (excludes halogenated alkanes) is 2. The van der Waals surface area contributed by atoms with Crippen LogP contribution in [0.3, 0.4) is 0 Å². The summed E-state index contributed by atoms with van der Waals surface area (Å²) in [6.45, 7) is 11.5. The smallest absolute Gasteiger partial charge is 0.335 e. The summed E-state index contributed by atoms with van der Waals surface area (Å²) in [7, 11) is 1.67. The predicted octanol–water partition coefficient (Wildman–Crippen LogP) is 7.84. The molecular formula is C39H60O6. The first-order chi connectivity index (χ1) is 21.8. The van der Waals surface area contributed by atoms with Crippen molar-refractivity contribution in [2.45, 2.75) is 104 Å². The number of aldehydes is 1. The Kier molecular flexibility index (Phi) is 18.9. The fraction of sp³-hybridized carbons (Fsp3) is 0.641. The summed E-state index contributed by atoms with van der Waals surface area (Å²) >= 11 is 0. The van der Waals surface area contributed by atoms with Crippen molar-refractivity contribution in [3.8, 4) is 0 Å². The number of ether oxygens (including phenoxy) is 2. The van der Waals surface area contributed by atoms with Crippen LogP contribution in [-0.2, 0) is 31.9 Å². The van der Waals surface area contributed by atoms with Crippen LogP contribution < -0.4 is 0 Å². The zero-order chi connectivity index (χ0) is 33.0. The lowest BCUT2D eigenvalue weighted by Gasteiger charge is -2.35. The summed E-state index contributed by atoms with van der Waals surface area (Å²) in [5.41, 5.74) is 6.07. The first-order valence-corrected chi connectivity index (χ1v) is 17.3. The maximum atomic E-state index is 11.9. The van der Waals surface area contributed by atoms with E-state index in [1.165, 1.54) is 87.3 Å². The topological polar surface area (TPSA) is 93.1 Å². The van der Waals surface area contributed by atoms with E-state index in [1.54, 1.807) is 12.7 Å². The van der Waals surface area contributed by atoms with Gasteiger partial charge in [-0.25, -0.2) is 4.79 Å². The number of carbonyl (C=O) groups is 2. The van der Waals surface area contributed by atoms with Crippen molar-refractivity contribution >= 4 is 17.8 Å². The molecule has 2 unspecified atom stereocenters. The van der Waals surface area contributed by atoms with Crippen LogP contribution >= 0.6 is 0 Å². The van der Waals surface area contributed by atoms with E-state index in [-0.39, 0.29) is 36.9 Å². The van der Waals surface area contributed by atoms with Crippen molar-refractivity contribution in [1.82, 2.24) is 0 Å². The minimum atomic E-state index is -0.533. The maximum absolute atomic E-state index is 11.9. The molecule has 0 saturated heterocycles. The van der Waals surface area contributed by atoms with Crippen LogP contribution in [0.2, 0.25) is 0 Å². The molecule has 0 aromatic heterocycles. The first-order valence-electron chi connectivity index (χ1n) is 17.3. The number of esters is 1. The number of aliphatic hydroxyl groups excluding tert-OH is 2. The highest BCUT2D eigenvalue weighted by atomic mass is 16.5. The molecule has 45 heavy (non-hydrogen) atoms. The van der Waals surface area contributed by atoms with Gasteiger partial charge in [0, 0.05) is 18.6 Å². The molecule has 1 aromatic rings. The second kappa shape index (κ2) is 22.1. The van der Waals surface area contributed by atoms with Gasteiger partial charge in [-0.05, 0) is 91.4 Å². The number of aryl methyl sites for hydroxylation is 2. The van der Waals surface area contributed by atoms with Crippen LogP contribution in [0.25, 0.3) is 5.57 Å². The van der Waals surface area contributed by atoms with Crippen molar-refractivity contribution < 1.29 is 29.3 Å². The third-order valence-electron chi connectivity index (χ3n) is 9.67. The largest absolute Gasteiger partial charge is 0.462 e. The van der Waals surface area contributed by atoms with Gasteiger partial charge in [0.05, 0.1) is 32.0 Å². The Morgan fingerprint density at radius 1 is 1.02 bits per heavy atom. The van der Waals surface area contributed by atoms with Gasteiger partial charge in [-0.15, -0.1) is 0 Å². The molecule has 252 valence electrons. The number of allylic oxidation sites excluding steroid dienone is 2. The highest BCUT2D eigenvalue weighted by Gasteiger charge is 2.29. The quantitative estimate of drug-likeness (QED) is 0.0748.